The summed E-state index contributed by atoms with van der Waals surface area (Å²) in [5, 5.41) is 18.4. The minimum Gasteiger partial charge on any atom is -0.481 e. The number of hydrogen-bond donors (Lipinski definition) is 1. The van der Waals surface area contributed by atoms with E-state index in [9.17, 15) is 32.5 Å². The summed E-state index contributed by atoms with van der Waals surface area (Å²) >= 11 is 0. The third-order valence-electron chi connectivity index (χ3n) is 2.00. The van der Waals surface area contributed by atoms with Crippen LogP contribution in [0, 0.1) is 21.7 Å². The predicted octanol–water partition coefficient (Wildman–Crippen LogP) is 2.44. The Labute approximate surface area is 96.8 Å². The molecule has 9 heteroatoms. The highest BCUT2D eigenvalue weighted by atomic mass is 19.3. The van der Waals surface area contributed by atoms with Crippen LogP contribution < -0.4 is 0 Å². The molecule has 0 fully saturated rings. The molecule has 5 nitrogen and oxygen atoms in total. The Hall–Kier alpha value is -2.19. The molecule has 0 saturated carbocycles. The van der Waals surface area contributed by atoms with Gasteiger partial charge in [0.05, 0.1) is 16.6 Å². The maximum atomic E-state index is 13.2. The lowest BCUT2D eigenvalue weighted by molar-refractivity contribution is -0.387. The zero-order chi connectivity index (χ0) is 14.1. The molecule has 0 heterocycles. The van der Waals surface area contributed by atoms with Crippen LogP contribution in [0.2, 0.25) is 0 Å². The van der Waals surface area contributed by atoms with Gasteiger partial charge in [-0.15, -0.1) is 0 Å². The van der Waals surface area contributed by atoms with Crippen LogP contribution in [0.15, 0.2) is 12.1 Å². The summed E-state index contributed by atoms with van der Waals surface area (Å²) in [5.74, 6) is -9.49. The first kappa shape index (κ1) is 13.9. The first-order valence-corrected chi connectivity index (χ1v) is 4.38. The average molecular weight is 267 g/mol. The number of carboxylic acid groups (broad SMARTS) is 1. The first-order chi connectivity index (χ1) is 8.15. The lowest BCUT2D eigenvalue weighted by atomic mass is 10.0. The molecule has 0 saturated heterocycles. The maximum Gasteiger partial charge on any atom is 0.309 e. The van der Waals surface area contributed by atoms with E-state index in [2.05, 4.69) is 0 Å². The van der Waals surface area contributed by atoms with E-state index in [4.69, 9.17) is 5.11 Å². The number of halogens is 4. The molecule has 0 atom stereocenters. The van der Waals surface area contributed by atoms with Crippen molar-refractivity contribution in [1.82, 2.24) is 0 Å². The SMILES string of the molecule is O=C(O)CC(F)(F)c1cc(F)c([N+](=O)[O-])cc1F. The van der Waals surface area contributed by atoms with Gasteiger partial charge in [-0.1, -0.05) is 0 Å². The van der Waals surface area contributed by atoms with Gasteiger partial charge < -0.3 is 5.11 Å². The number of alkyl halides is 2. The van der Waals surface area contributed by atoms with Gasteiger partial charge >= 0.3 is 11.7 Å². The lowest BCUT2D eigenvalue weighted by Crippen LogP contribution is -2.20. The van der Waals surface area contributed by atoms with Crippen LogP contribution in [-0.4, -0.2) is 16.0 Å². The Kier molecular flexibility index (Phi) is 3.54. The number of carboxylic acids is 1. The second-order valence-corrected chi connectivity index (χ2v) is 3.32. The minimum atomic E-state index is -4.16. The third kappa shape index (κ3) is 2.73. The zero-order valence-corrected chi connectivity index (χ0v) is 8.49. The molecule has 1 aromatic carbocycles. The molecular formula is C9H5F4NO4. The van der Waals surface area contributed by atoms with Crippen LogP contribution in [0.4, 0.5) is 23.2 Å². The van der Waals surface area contributed by atoms with Crippen LogP contribution >= 0.6 is 0 Å². The summed E-state index contributed by atoms with van der Waals surface area (Å²) in [6, 6.07) is -0.0865. The first-order valence-electron chi connectivity index (χ1n) is 4.38. The number of nitrogens with zero attached hydrogens (tertiary/aromatic N) is 1. The fourth-order valence-corrected chi connectivity index (χ4v) is 1.24. The summed E-state index contributed by atoms with van der Waals surface area (Å²) in [5.41, 5.74) is -2.84. The Morgan fingerprint density at radius 2 is 1.89 bits per heavy atom. The van der Waals surface area contributed by atoms with E-state index >= 15 is 0 Å². The highest BCUT2D eigenvalue weighted by Gasteiger charge is 2.39. The second kappa shape index (κ2) is 4.59. The Balaban J connectivity index is 3.31. The highest BCUT2D eigenvalue weighted by Crippen LogP contribution is 2.35. The number of benzene rings is 1. The van der Waals surface area contributed by atoms with Crippen molar-refractivity contribution in [1.29, 1.82) is 0 Å². The molecule has 0 amide bonds. The highest BCUT2D eigenvalue weighted by molar-refractivity contribution is 5.68. The van der Waals surface area contributed by atoms with Crippen molar-refractivity contribution >= 4 is 11.7 Å². The standard InChI is InChI=1S/C9H5F4NO4/c10-5-2-7(14(17)18)6(11)1-4(5)9(12,13)3-8(15)16/h1-2H,3H2,(H,15,16). The summed E-state index contributed by atoms with van der Waals surface area (Å²) in [6.07, 6.45) is -1.75. The van der Waals surface area contributed by atoms with Crippen molar-refractivity contribution < 1.29 is 32.4 Å². The minimum absolute atomic E-state index is 0.0135. The topological polar surface area (TPSA) is 80.4 Å². The molecule has 18 heavy (non-hydrogen) atoms. The summed E-state index contributed by atoms with van der Waals surface area (Å²) < 4.78 is 52.7. The Morgan fingerprint density at radius 1 is 1.33 bits per heavy atom. The molecule has 0 aliphatic heterocycles. The van der Waals surface area contributed by atoms with Gasteiger partial charge in [0, 0.05) is 0 Å². The number of nitro groups is 1. The molecule has 0 aromatic heterocycles. The van der Waals surface area contributed by atoms with E-state index in [1.807, 2.05) is 0 Å². The van der Waals surface area contributed by atoms with Crippen molar-refractivity contribution in [3.05, 3.63) is 39.4 Å². The van der Waals surface area contributed by atoms with E-state index in [1.165, 1.54) is 0 Å². The second-order valence-electron chi connectivity index (χ2n) is 3.32. The van der Waals surface area contributed by atoms with E-state index in [1.54, 1.807) is 0 Å². The predicted molar refractivity (Wildman–Crippen MR) is 49.2 cm³/mol. The molecular weight excluding hydrogens is 262 g/mol. The molecule has 0 aliphatic rings. The van der Waals surface area contributed by atoms with Gasteiger partial charge in [-0.3, -0.25) is 14.9 Å². The van der Waals surface area contributed by atoms with Gasteiger partial charge in [-0.05, 0) is 6.07 Å². The van der Waals surface area contributed by atoms with E-state index in [0.29, 0.717) is 0 Å². The molecule has 0 unspecified atom stereocenters. The van der Waals surface area contributed by atoms with Gasteiger partial charge in [0.25, 0.3) is 5.92 Å². The van der Waals surface area contributed by atoms with Gasteiger partial charge in [0.2, 0.25) is 5.82 Å². The van der Waals surface area contributed by atoms with Crippen molar-refractivity contribution in [3.63, 3.8) is 0 Å². The Morgan fingerprint density at radius 3 is 2.33 bits per heavy atom. The van der Waals surface area contributed by atoms with E-state index in [-0.39, 0.29) is 12.1 Å². The van der Waals surface area contributed by atoms with Gasteiger partial charge in [-0.2, -0.15) is 4.39 Å². The summed E-state index contributed by atoms with van der Waals surface area (Å²) in [4.78, 5) is 19.1. The van der Waals surface area contributed by atoms with Crippen LogP contribution in [0.1, 0.15) is 12.0 Å². The quantitative estimate of drug-likeness (QED) is 0.516. The van der Waals surface area contributed by atoms with Crippen molar-refractivity contribution in [2.45, 2.75) is 12.3 Å². The maximum absolute atomic E-state index is 13.2. The fourth-order valence-electron chi connectivity index (χ4n) is 1.24. The molecule has 1 rings (SSSR count). The average Bonchev–Trinajstić information content (AvgIpc) is 2.18. The van der Waals surface area contributed by atoms with Crippen LogP contribution in [0.3, 0.4) is 0 Å². The molecule has 0 radical (unpaired) electrons. The van der Waals surface area contributed by atoms with Gasteiger partial charge in [0.15, 0.2) is 0 Å². The zero-order valence-electron chi connectivity index (χ0n) is 8.49. The van der Waals surface area contributed by atoms with Crippen molar-refractivity contribution in [2.24, 2.45) is 0 Å². The van der Waals surface area contributed by atoms with Crippen LogP contribution in [0.5, 0.6) is 0 Å². The molecule has 1 aromatic rings. The molecule has 1 N–H and O–H groups in total. The summed E-state index contributed by atoms with van der Waals surface area (Å²) in [7, 11) is 0. The lowest BCUT2D eigenvalue weighted by Gasteiger charge is -2.15. The van der Waals surface area contributed by atoms with E-state index < -0.39 is 46.1 Å². The number of hydrogen-bond acceptors (Lipinski definition) is 3. The smallest absolute Gasteiger partial charge is 0.309 e. The number of nitro benzene ring substituents is 1. The third-order valence-corrected chi connectivity index (χ3v) is 2.00. The monoisotopic (exact) mass is 267 g/mol. The van der Waals surface area contributed by atoms with Gasteiger partial charge in [0.1, 0.15) is 12.2 Å². The molecule has 0 spiro atoms. The van der Waals surface area contributed by atoms with Gasteiger partial charge in [-0.25, -0.2) is 13.2 Å². The molecule has 98 valence electrons. The summed E-state index contributed by atoms with van der Waals surface area (Å²) in [6.45, 7) is 0. The van der Waals surface area contributed by atoms with E-state index in [0.717, 1.165) is 0 Å². The van der Waals surface area contributed by atoms with Crippen molar-refractivity contribution in [2.75, 3.05) is 0 Å². The fraction of sp³-hybridized carbons (Fsp3) is 0.222. The van der Waals surface area contributed by atoms with Crippen molar-refractivity contribution in [3.8, 4) is 0 Å². The van der Waals surface area contributed by atoms with Crippen LogP contribution in [0.25, 0.3) is 0 Å². The molecule has 0 bridgehead atoms. The normalized spacial score (nSPS) is 11.3. The molecule has 0 aliphatic carbocycles. The number of rotatable bonds is 4. The largest absolute Gasteiger partial charge is 0.481 e. The number of carbonyl (C=O) groups is 1. The number of aliphatic carboxylic acids is 1. The Bertz CT molecular complexity index is 518. The van der Waals surface area contributed by atoms with Crippen LogP contribution in [-0.2, 0) is 10.7 Å².